The van der Waals surface area contributed by atoms with Crippen molar-refractivity contribution in [2.24, 2.45) is 0 Å². The van der Waals surface area contributed by atoms with Crippen LogP contribution in [-0.2, 0) is 14.8 Å². The van der Waals surface area contributed by atoms with Gasteiger partial charge in [-0.05, 0) is 43.5 Å². The number of sulfonamides is 1. The largest absolute Gasteiger partial charge is 0.358 e. The Kier molecular flexibility index (Phi) is 5.86. The molecule has 118 valence electrons. The molecule has 0 unspecified atom stereocenters. The van der Waals surface area contributed by atoms with Crippen LogP contribution in [0.1, 0.15) is 24.5 Å². The van der Waals surface area contributed by atoms with E-state index in [9.17, 15) is 17.6 Å². The van der Waals surface area contributed by atoms with E-state index in [-0.39, 0.29) is 23.9 Å². The molecule has 0 aliphatic rings. The molecule has 0 spiro atoms. The summed E-state index contributed by atoms with van der Waals surface area (Å²) in [5.74, 6) is -0.860. The number of nitrogens with zero attached hydrogens (tertiary/aromatic N) is 1. The van der Waals surface area contributed by atoms with Gasteiger partial charge >= 0.3 is 0 Å². The lowest BCUT2D eigenvalue weighted by Gasteiger charge is -2.23. The number of likely N-dealkylation sites (N-methyl/N-ethyl adjacent to an activating group) is 1. The van der Waals surface area contributed by atoms with Crippen LogP contribution < -0.4 is 5.32 Å². The van der Waals surface area contributed by atoms with E-state index < -0.39 is 15.8 Å². The molecule has 21 heavy (non-hydrogen) atoms. The van der Waals surface area contributed by atoms with Crippen molar-refractivity contribution in [2.45, 2.75) is 32.1 Å². The highest BCUT2D eigenvalue weighted by molar-refractivity contribution is 7.89. The molecule has 0 fully saturated rings. The second kappa shape index (κ2) is 7.00. The summed E-state index contributed by atoms with van der Waals surface area (Å²) in [7, 11) is -2.39. The first-order valence-corrected chi connectivity index (χ1v) is 8.15. The lowest BCUT2D eigenvalue weighted by Crippen LogP contribution is -2.40. The fourth-order valence-corrected chi connectivity index (χ4v) is 4.11. The minimum Gasteiger partial charge on any atom is -0.358 e. The van der Waals surface area contributed by atoms with Gasteiger partial charge in [-0.15, -0.1) is 0 Å². The molecule has 0 aliphatic carbocycles. The van der Waals surface area contributed by atoms with Crippen molar-refractivity contribution in [3.05, 3.63) is 29.1 Å². The molecule has 1 aromatic carbocycles. The Morgan fingerprint density at radius 2 is 1.81 bits per heavy atom. The van der Waals surface area contributed by atoms with Gasteiger partial charge in [0.25, 0.3) is 0 Å². The maximum absolute atomic E-state index is 13.3. The van der Waals surface area contributed by atoms with Crippen LogP contribution in [0.15, 0.2) is 17.0 Å². The highest BCUT2D eigenvalue weighted by atomic mass is 32.2. The van der Waals surface area contributed by atoms with Crippen LogP contribution in [0.2, 0.25) is 0 Å². The van der Waals surface area contributed by atoms with E-state index >= 15 is 0 Å². The summed E-state index contributed by atoms with van der Waals surface area (Å²) in [5, 5.41) is 2.41. The number of rotatable bonds is 6. The van der Waals surface area contributed by atoms with Crippen molar-refractivity contribution < 1.29 is 17.6 Å². The molecule has 1 aromatic rings. The zero-order chi connectivity index (χ0) is 16.2. The number of amides is 1. The lowest BCUT2D eigenvalue weighted by atomic mass is 10.1. The Balaban J connectivity index is 3.32. The first-order chi connectivity index (χ1) is 9.73. The number of carbonyl (C=O) groups is 1. The van der Waals surface area contributed by atoms with E-state index in [1.165, 1.54) is 19.2 Å². The van der Waals surface area contributed by atoms with E-state index in [1.54, 1.807) is 13.8 Å². The van der Waals surface area contributed by atoms with Gasteiger partial charge in [0, 0.05) is 13.6 Å². The Labute approximate surface area is 125 Å². The Hall–Kier alpha value is -1.47. The lowest BCUT2D eigenvalue weighted by molar-refractivity contribution is -0.120. The Morgan fingerprint density at radius 3 is 2.24 bits per heavy atom. The van der Waals surface area contributed by atoms with Gasteiger partial charge in [-0.1, -0.05) is 6.92 Å². The molecule has 0 heterocycles. The van der Waals surface area contributed by atoms with Crippen LogP contribution in [0.25, 0.3) is 0 Å². The molecule has 0 saturated carbocycles. The summed E-state index contributed by atoms with van der Waals surface area (Å²) in [4.78, 5) is 11.6. The maximum atomic E-state index is 13.3. The number of hydrogen-bond donors (Lipinski definition) is 1. The first-order valence-electron chi connectivity index (χ1n) is 6.71. The summed E-state index contributed by atoms with van der Waals surface area (Å²) in [6, 6.07) is 2.37. The third kappa shape index (κ3) is 4.01. The molecular weight excluding hydrogens is 295 g/mol. The number of aryl methyl sites for hydroxylation is 2. The molecule has 1 N–H and O–H groups in total. The second-order valence-electron chi connectivity index (χ2n) is 4.88. The molecule has 0 saturated heterocycles. The highest BCUT2D eigenvalue weighted by Crippen LogP contribution is 2.25. The van der Waals surface area contributed by atoms with Crippen molar-refractivity contribution in [1.82, 2.24) is 9.62 Å². The molecule has 1 amide bonds. The van der Waals surface area contributed by atoms with E-state index in [1.807, 2.05) is 6.92 Å². The van der Waals surface area contributed by atoms with E-state index in [2.05, 4.69) is 5.32 Å². The molecule has 0 radical (unpaired) electrons. The molecule has 0 aliphatic heterocycles. The van der Waals surface area contributed by atoms with Crippen LogP contribution >= 0.6 is 0 Å². The van der Waals surface area contributed by atoms with Gasteiger partial charge < -0.3 is 5.32 Å². The molecule has 1 rings (SSSR count). The average Bonchev–Trinajstić information content (AvgIpc) is 2.36. The number of carbonyl (C=O) groups excluding carboxylic acids is 1. The summed E-state index contributed by atoms with van der Waals surface area (Å²) in [6.45, 7) is 4.91. The topological polar surface area (TPSA) is 66.5 Å². The summed E-state index contributed by atoms with van der Waals surface area (Å²) in [6.07, 6.45) is 0.579. The van der Waals surface area contributed by atoms with Gasteiger partial charge in [0.2, 0.25) is 15.9 Å². The number of hydrogen-bond acceptors (Lipinski definition) is 3. The number of halogens is 1. The fourth-order valence-electron chi connectivity index (χ4n) is 2.21. The smallest absolute Gasteiger partial charge is 0.244 e. The van der Waals surface area contributed by atoms with Crippen LogP contribution in [-0.4, -0.2) is 38.8 Å². The molecule has 0 aromatic heterocycles. The molecule has 0 atom stereocenters. The third-order valence-corrected chi connectivity index (χ3v) is 5.25. The van der Waals surface area contributed by atoms with Crippen molar-refractivity contribution in [1.29, 1.82) is 0 Å². The Bertz CT molecular complexity index is 606. The zero-order valence-electron chi connectivity index (χ0n) is 12.7. The standard InChI is InChI=1S/C14H21FN2O3S/c1-5-6-17(9-13(18)16-4)21(19,20)14-10(2)7-12(15)8-11(14)3/h7-8H,5-6,9H2,1-4H3,(H,16,18). The van der Waals surface area contributed by atoms with E-state index in [0.29, 0.717) is 17.5 Å². The normalized spacial score (nSPS) is 11.7. The zero-order valence-corrected chi connectivity index (χ0v) is 13.6. The molecule has 0 bridgehead atoms. The molecule has 5 nitrogen and oxygen atoms in total. The summed E-state index contributed by atoms with van der Waals surface area (Å²) >= 11 is 0. The predicted molar refractivity (Wildman–Crippen MR) is 79.0 cm³/mol. The van der Waals surface area contributed by atoms with Gasteiger partial charge in [-0.25, -0.2) is 12.8 Å². The average molecular weight is 316 g/mol. The van der Waals surface area contributed by atoms with Crippen molar-refractivity contribution in [2.75, 3.05) is 20.1 Å². The number of nitrogens with one attached hydrogen (secondary N) is 1. The maximum Gasteiger partial charge on any atom is 0.244 e. The quantitative estimate of drug-likeness (QED) is 0.866. The SMILES string of the molecule is CCCN(CC(=O)NC)S(=O)(=O)c1c(C)cc(F)cc1C. The first kappa shape index (κ1) is 17.6. The van der Waals surface area contributed by atoms with Gasteiger partial charge in [0.1, 0.15) is 5.82 Å². The highest BCUT2D eigenvalue weighted by Gasteiger charge is 2.29. The van der Waals surface area contributed by atoms with Crippen molar-refractivity contribution >= 4 is 15.9 Å². The van der Waals surface area contributed by atoms with Crippen LogP contribution in [0.3, 0.4) is 0 Å². The third-order valence-electron chi connectivity index (χ3n) is 3.09. The van der Waals surface area contributed by atoms with Gasteiger partial charge in [-0.2, -0.15) is 4.31 Å². The minimum absolute atomic E-state index is 0.0706. The second-order valence-corrected chi connectivity index (χ2v) is 6.76. The molecule has 7 heteroatoms. The van der Waals surface area contributed by atoms with Gasteiger partial charge in [0.15, 0.2) is 0 Å². The van der Waals surface area contributed by atoms with E-state index in [0.717, 1.165) is 4.31 Å². The van der Waals surface area contributed by atoms with Crippen molar-refractivity contribution in [3.8, 4) is 0 Å². The van der Waals surface area contributed by atoms with Gasteiger partial charge in [0.05, 0.1) is 11.4 Å². The summed E-state index contributed by atoms with van der Waals surface area (Å²) in [5.41, 5.74) is 0.677. The predicted octanol–water partition coefficient (Wildman–Crippen LogP) is 1.59. The monoisotopic (exact) mass is 316 g/mol. The number of benzene rings is 1. The fraction of sp³-hybridized carbons (Fsp3) is 0.500. The van der Waals surface area contributed by atoms with Crippen LogP contribution in [0.5, 0.6) is 0 Å². The minimum atomic E-state index is -3.84. The molecular formula is C14H21FN2O3S. The van der Waals surface area contributed by atoms with Crippen LogP contribution in [0.4, 0.5) is 4.39 Å². The van der Waals surface area contributed by atoms with Crippen LogP contribution in [0, 0.1) is 19.7 Å². The van der Waals surface area contributed by atoms with Crippen molar-refractivity contribution in [3.63, 3.8) is 0 Å². The van der Waals surface area contributed by atoms with E-state index in [4.69, 9.17) is 0 Å². The van der Waals surface area contributed by atoms with Gasteiger partial charge in [-0.3, -0.25) is 4.79 Å². The summed E-state index contributed by atoms with van der Waals surface area (Å²) < 4.78 is 40.0. The Morgan fingerprint density at radius 1 is 1.29 bits per heavy atom.